The van der Waals surface area contributed by atoms with E-state index in [9.17, 15) is 4.79 Å². The van der Waals surface area contributed by atoms with Crippen LogP contribution in [0.2, 0.25) is 10.0 Å². The first-order valence-corrected chi connectivity index (χ1v) is 11.5. The van der Waals surface area contributed by atoms with Crippen molar-refractivity contribution in [3.8, 4) is 0 Å². The van der Waals surface area contributed by atoms with Crippen LogP contribution < -0.4 is 10.8 Å². The van der Waals surface area contributed by atoms with Gasteiger partial charge in [0.2, 0.25) is 0 Å². The summed E-state index contributed by atoms with van der Waals surface area (Å²) in [5, 5.41) is 12.4. The van der Waals surface area contributed by atoms with Crippen LogP contribution in [0.1, 0.15) is 50.2 Å². The van der Waals surface area contributed by atoms with Crippen molar-refractivity contribution in [2.75, 3.05) is 18.5 Å². The number of carbonyl (C=O) groups excluding carboxylic acids is 1. The number of benzene rings is 1. The van der Waals surface area contributed by atoms with Crippen LogP contribution in [0.5, 0.6) is 0 Å². The predicted octanol–water partition coefficient (Wildman–Crippen LogP) is 5.79. The number of nitrogens with zero attached hydrogens (tertiary/aromatic N) is 2. The zero-order valence-electron chi connectivity index (χ0n) is 19.1. The molecule has 33 heavy (non-hydrogen) atoms. The molecule has 0 bridgehead atoms. The molecule has 0 fully saturated rings. The highest BCUT2D eigenvalue weighted by atomic mass is 35.5. The average molecular weight is 499 g/mol. The molecule has 0 radical (unpaired) electrons. The number of carbonyl (C=O) groups is 1. The summed E-state index contributed by atoms with van der Waals surface area (Å²) >= 11 is 12.2. The summed E-state index contributed by atoms with van der Waals surface area (Å²) in [7, 11) is 0. The SMILES string of the molecule is CC.CC(C)CCc1cnc2c(F)c(Nc3ccc(Cl)cc3Cl)c(C(=O)NOCCO)cn12. The standard InChI is InChI=1S/C21H23Cl2FN4O3.C2H6/c1-12(2)3-5-14-10-25-20-18(24)19(26-17-6-4-13(22)9-16(17)23)15(11-28(14)20)21(30)27-31-8-7-29;1-2/h4,6,9-12,26,29H,3,5,7-8H2,1-2H3,(H,27,30);1-2H3. The molecule has 0 aliphatic rings. The van der Waals surface area contributed by atoms with Gasteiger partial charge in [0, 0.05) is 23.1 Å². The van der Waals surface area contributed by atoms with Crippen LogP contribution in [0.25, 0.3) is 5.65 Å². The van der Waals surface area contributed by atoms with E-state index < -0.39 is 11.7 Å². The van der Waals surface area contributed by atoms with Crippen molar-refractivity contribution < 1.29 is 19.1 Å². The Morgan fingerprint density at radius 2 is 2.03 bits per heavy atom. The van der Waals surface area contributed by atoms with Gasteiger partial charge in [0.05, 0.1) is 35.2 Å². The quantitative estimate of drug-likeness (QED) is 0.256. The predicted molar refractivity (Wildman–Crippen MR) is 130 cm³/mol. The molecule has 3 rings (SSSR count). The van der Waals surface area contributed by atoms with Gasteiger partial charge in [-0.3, -0.25) is 9.63 Å². The molecule has 1 amide bonds. The highest BCUT2D eigenvalue weighted by Crippen LogP contribution is 2.33. The van der Waals surface area contributed by atoms with Gasteiger partial charge in [-0.1, -0.05) is 50.9 Å². The van der Waals surface area contributed by atoms with Gasteiger partial charge < -0.3 is 14.8 Å². The largest absolute Gasteiger partial charge is 0.394 e. The summed E-state index contributed by atoms with van der Waals surface area (Å²) in [5.41, 5.74) is 3.32. The monoisotopic (exact) mass is 498 g/mol. The smallest absolute Gasteiger partial charge is 0.278 e. The first-order valence-electron chi connectivity index (χ1n) is 10.7. The van der Waals surface area contributed by atoms with E-state index in [0.29, 0.717) is 23.0 Å². The number of anilines is 2. The van der Waals surface area contributed by atoms with E-state index in [1.165, 1.54) is 12.3 Å². The number of aromatic nitrogens is 2. The van der Waals surface area contributed by atoms with Crippen molar-refractivity contribution >= 4 is 46.1 Å². The van der Waals surface area contributed by atoms with Crippen molar-refractivity contribution in [3.63, 3.8) is 0 Å². The van der Waals surface area contributed by atoms with E-state index in [-0.39, 0.29) is 35.1 Å². The molecule has 0 unspecified atom stereocenters. The molecule has 0 atom stereocenters. The van der Waals surface area contributed by atoms with Crippen LogP contribution in [0, 0.1) is 11.7 Å². The van der Waals surface area contributed by atoms with E-state index in [1.807, 2.05) is 13.8 Å². The van der Waals surface area contributed by atoms with Crippen molar-refractivity contribution in [1.29, 1.82) is 0 Å². The fourth-order valence-corrected chi connectivity index (χ4v) is 3.44. The zero-order valence-corrected chi connectivity index (χ0v) is 20.6. The van der Waals surface area contributed by atoms with Crippen LogP contribution >= 0.6 is 23.2 Å². The fraction of sp³-hybridized carbons (Fsp3) is 0.391. The molecule has 3 N–H and O–H groups in total. The summed E-state index contributed by atoms with van der Waals surface area (Å²) in [6.07, 6.45) is 4.67. The number of hydroxylamine groups is 1. The van der Waals surface area contributed by atoms with E-state index in [4.69, 9.17) is 33.1 Å². The Morgan fingerprint density at radius 1 is 1.30 bits per heavy atom. The van der Waals surface area contributed by atoms with Gasteiger partial charge in [-0.25, -0.2) is 14.9 Å². The number of pyridine rings is 1. The maximum Gasteiger partial charge on any atom is 0.278 e. The summed E-state index contributed by atoms with van der Waals surface area (Å²) in [4.78, 5) is 21.9. The normalized spacial score (nSPS) is 10.8. The molecule has 2 aromatic heterocycles. The Balaban J connectivity index is 0.00000187. The minimum atomic E-state index is -0.711. The molecule has 0 saturated carbocycles. The van der Waals surface area contributed by atoms with Gasteiger partial charge in [-0.15, -0.1) is 0 Å². The number of hydrogen-bond donors (Lipinski definition) is 3. The van der Waals surface area contributed by atoms with E-state index >= 15 is 4.39 Å². The van der Waals surface area contributed by atoms with E-state index in [0.717, 1.165) is 12.1 Å². The number of aryl methyl sites for hydroxylation is 1. The van der Waals surface area contributed by atoms with E-state index in [1.54, 1.807) is 22.7 Å². The maximum absolute atomic E-state index is 15.5. The lowest BCUT2D eigenvalue weighted by Gasteiger charge is -2.16. The second kappa shape index (κ2) is 12.7. The maximum atomic E-state index is 15.5. The number of hydrogen-bond acceptors (Lipinski definition) is 5. The molecule has 0 aliphatic carbocycles. The Hall–Kier alpha value is -2.39. The van der Waals surface area contributed by atoms with Crippen molar-refractivity contribution in [1.82, 2.24) is 14.9 Å². The minimum Gasteiger partial charge on any atom is -0.394 e. The topological polar surface area (TPSA) is 87.9 Å². The Kier molecular flexibility index (Phi) is 10.4. The number of imidazole rings is 1. The van der Waals surface area contributed by atoms with Gasteiger partial charge in [0.15, 0.2) is 11.5 Å². The molecule has 10 heteroatoms. The number of aliphatic hydroxyl groups excluding tert-OH is 1. The number of aliphatic hydroxyl groups is 1. The third-order valence-corrected chi connectivity index (χ3v) is 5.14. The summed E-state index contributed by atoms with van der Waals surface area (Å²) in [6.45, 7) is 7.81. The molecule has 1 aromatic carbocycles. The van der Waals surface area contributed by atoms with Gasteiger partial charge in [-0.2, -0.15) is 0 Å². The molecule has 0 saturated heterocycles. The number of nitrogens with one attached hydrogen (secondary N) is 2. The third-order valence-electron chi connectivity index (χ3n) is 4.59. The average Bonchev–Trinajstić information content (AvgIpc) is 3.20. The Morgan fingerprint density at radius 3 is 2.67 bits per heavy atom. The second-order valence-electron chi connectivity index (χ2n) is 7.36. The van der Waals surface area contributed by atoms with Crippen LogP contribution in [0.3, 0.4) is 0 Å². The molecular weight excluding hydrogens is 470 g/mol. The molecule has 3 aromatic rings. The molecule has 2 heterocycles. The highest BCUT2D eigenvalue weighted by Gasteiger charge is 2.22. The van der Waals surface area contributed by atoms with Gasteiger partial charge in [-0.05, 0) is 37.0 Å². The first kappa shape index (κ1) is 26.9. The first-order chi connectivity index (χ1) is 15.8. The Bertz CT molecular complexity index is 1090. The van der Waals surface area contributed by atoms with Gasteiger partial charge in [0.1, 0.15) is 0 Å². The van der Waals surface area contributed by atoms with Crippen LogP contribution in [-0.2, 0) is 11.3 Å². The minimum absolute atomic E-state index is 0.0160. The number of amides is 1. The number of halogens is 3. The molecule has 0 spiro atoms. The van der Waals surface area contributed by atoms with Crippen LogP contribution in [0.4, 0.5) is 15.8 Å². The lowest BCUT2D eigenvalue weighted by atomic mass is 10.1. The van der Waals surface area contributed by atoms with E-state index in [2.05, 4.69) is 29.6 Å². The summed E-state index contributed by atoms with van der Waals surface area (Å²) in [5.74, 6) is -0.944. The zero-order chi connectivity index (χ0) is 24.5. The second-order valence-corrected chi connectivity index (χ2v) is 8.20. The fourth-order valence-electron chi connectivity index (χ4n) is 2.98. The lowest BCUT2D eigenvalue weighted by molar-refractivity contribution is 0.0168. The number of fused-ring (bicyclic) bond motifs is 1. The molecule has 7 nitrogen and oxygen atoms in total. The van der Waals surface area contributed by atoms with Crippen molar-refractivity contribution in [3.05, 3.63) is 57.7 Å². The molecule has 0 aliphatic heterocycles. The van der Waals surface area contributed by atoms with Crippen LogP contribution in [0.15, 0.2) is 30.6 Å². The van der Waals surface area contributed by atoms with Crippen LogP contribution in [-0.4, -0.2) is 33.6 Å². The van der Waals surface area contributed by atoms with Gasteiger partial charge in [0.25, 0.3) is 5.91 Å². The number of rotatable bonds is 9. The Labute approximate surface area is 202 Å². The summed E-state index contributed by atoms with van der Waals surface area (Å²) < 4.78 is 17.1. The molecule has 180 valence electrons. The summed E-state index contributed by atoms with van der Waals surface area (Å²) in [6, 6.07) is 4.68. The highest BCUT2D eigenvalue weighted by molar-refractivity contribution is 6.36. The third kappa shape index (κ3) is 6.80. The van der Waals surface area contributed by atoms with Gasteiger partial charge >= 0.3 is 0 Å². The molecular formula is C23H29Cl2FN4O3. The van der Waals surface area contributed by atoms with Crippen molar-refractivity contribution in [2.45, 2.75) is 40.5 Å². The van der Waals surface area contributed by atoms with Crippen molar-refractivity contribution in [2.24, 2.45) is 5.92 Å². The lowest BCUT2D eigenvalue weighted by Crippen LogP contribution is -2.26.